The van der Waals surface area contributed by atoms with Crippen molar-refractivity contribution in [2.75, 3.05) is 5.32 Å². The number of benzene rings is 1. The number of hydrogen-bond donors (Lipinski definition) is 1. The molecule has 10 heteroatoms. The minimum Gasteiger partial charge on any atom is -0.325 e. The summed E-state index contributed by atoms with van der Waals surface area (Å²) in [6, 6.07) is 2.91. The summed E-state index contributed by atoms with van der Waals surface area (Å²) in [7, 11) is 0. The Bertz CT molecular complexity index is 1240. The number of carbonyl (C=O) groups excluding carboxylic acids is 1. The number of imidazole rings is 1. The summed E-state index contributed by atoms with van der Waals surface area (Å²) >= 11 is 0. The van der Waals surface area contributed by atoms with Gasteiger partial charge in [-0.3, -0.25) is 14.2 Å². The number of rotatable bonds is 9. The molecule has 0 bridgehead atoms. The van der Waals surface area contributed by atoms with Gasteiger partial charge < -0.3 is 9.88 Å². The van der Waals surface area contributed by atoms with Gasteiger partial charge in [0.15, 0.2) is 22.8 Å². The van der Waals surface area contributed by atoms with Crippen LogP contribution in [-0.4, -0.2) is 24.6 Å². The van der Waals surface area contributed by atoms with E-state index in [4.69, 9.17) is 0 Å². The van der Waals surface area contributed by atoms with Crippen LogP contribution in [0.2, 0.25) is 0 Å². The third-order valence-corrected chi connectivity index (χ3v) is 5.17. The lowest BCUT2D eigenvalue weighted by molar-refractivity contribution is -0.116. The Morgan fingerprint density at radius 2 is 1.88 bits per heavy atom. The molecule has 0 saturated carbocycles. The van der Waals surface area contributed by atoms with Gasteiger partial charge in [-0.15, -0.1) is 0 Å². The van der Waals surface area contributed by atoms with E-state index in [1.54, 1.807) is 10.9 Å². The number of amides is 1. The van der Waals surface area contributed by atoms with E-state index in [0.717, 1.165) is 29.5 Å². The van der Waals surface area contributed by atoms with Crippen LogP contribution < -0.4 is 16.6 Å². The second kappa shape index (κ2) is 9.88. The van der Waals surface area contributed by atoms with E-state index >= 15 is 0 Å². The quantitative estimate of drug-likeness (QED) is 0.546. The lowest BCUT2D eigenvalue weighted by Gasteiger charge is -2.13. The van der Waals surface area contributed by atoms with Crippen LogP contribution in [0.15, 0.2) is 34.1 Å². The summed E-state index contributed by atoms with van der Waals surface area (Å²) in [6.45, 7) is 6.46. The molecule has 0 aliphatic heterocycles. The molecule has 0 saturated heterocycles. The van der Waals surface area contributed by atoms with Crippen LogP contribution in [0.3, 0.4) is 0 Å². The molecular formula is C22H27F2N5O3. The molecule has 0 radical (unpaired) electrons. The summed E-state index contributed by atoms with van der Waals surface area (Å²) in [5.74, 6) is -2.46. The van der Waals surface area contributed by atoms with E-state index in [9.17, 15) is 23.2 Å². The zero-order valence-corrected chi connectivity index (χ0v) is 18.4. The molecule has 0 fully saturated rings. The fourth-order valence-electron chi connectivity index (χ4n) is 3.38. The van der Waals surface area contributed by atoms with Crippen LogP contribution in [-0.2, 0) is 24.4 Å². The minimum absolute atomic E-state index is 0.0244. The van der Waals surface area contributed by atoms with Crippen LogP contribution in [0, 0.1) is 17.6 Å². The number of aryl methyl sites for hydroxylation is 2. The molecule has 2 heterocycles. The number of anilines is 1. The Morgan fingerprint density at radius 1 is 1.12 bits per heavy atom. The van der Waals surface area contributed by atoms with Crippen molar-refractivity contribution in [2.24, 2.45) is 5.92 Å². The SMILES string of the molecule is CCCCn1c(=O)n(CC(=O)Nc2ccc(F)c(F)c2)c(=O)c2c1ncn2CCC(C)C. The number of halogens is 2. The van der Waals surface area contributed by atoms with E-state index in [1.807, 2.05) is 6.92 Å². The predicted octanol–water partition coefficient (Wildman–Crippen LogP) is 3.12. The average Bonchev–Trinajstić information content (AvgIpc) is 3.16. The monoisotopic (exact) mass is 447 g/mol. The molecule has 1 N–H and O–H groups in total. The Morgan fingerprint density at radius 3 is 2.53 bits per heavy atom. The van der Waals surface area contributed by atoms with Gasteiger partial charge in [-0.25, -0.2) is 23.1 Å². The zero-order valence-electron chi connectivity index (χ0n) is 18.4. The minimum atomic E-state index is -1.11. The fraction of sp³-hybridized carbons (Fsp3) is 0.455. The topological polar surface area (TPSA) is 90.9 Å². The Balaban J connectivity index is 2.01. The molecule has 0 aliphatic carbocycles. The second-order valence-electron chi connectivity index (χ2n) is 8.15. The first-order valence-electron chi connectivity index (χ1n) is 10.7. The number of aromatic nitrogens is 4. The average molecular weight is 447 g/mol. The molecule has 172 valence electrons. The van der Waals surface area contributed by atoms with Crippen LogP contribution in [0.25, 0.3) is 11.2 Å². The number of fused-ring (bicyclic) bond motifs is 1. The molecule has 0 atom stereocenters. The van der Waals surface area contributed by atoms with E-state index in [0.29, 0.717) is 31.1 Å². The highest BCUT2D eigenvalue weighted by atomic mass is 19.2. The summed E-state index contributed by atoms with van der Waals surface area (Å²) in [5.41, 5.74) is -0.655. The Labute approximate surface area is 183 Å². The van der Waals surface area contributed by atoms with Gasteiger partial charge >= 0.3 is 5.69 Å². The number of hydrogen-bond acceptors (Lipinski definition) is 4. The Hall–Kier alpha value is -3.30. The van der Waals surface area contributed by atoms with E-state index < -0.39 is 35.3 Å². The lowest BCUT2D eigenvalue weighted by atomic mass is 10.1. The molecule has 2 aromatic heterocycles. The number of carbonyl (C=O) groups is 1. The second-order valence-corrected chi connectivity index (χ2v) is 8.15. The van der Waals surface area contributed by atoms with Crippen LogP contribution in [0.5, 0.6) is 0 Å². The third-order valence-electron chi connectivity index (χ3n) is 5.17. The van der Waals surface area contributed by atoms with Gasteiger partial charge in [0, 0.05) is 24.8 Å². The highest BCUT2D eigenvalue weighted by Crippen LogP contribution is 2.14. The molecule has 0 spiro atoms. The van der Waals surface area contributed by atoms with E-state index in [1.165, 1.54) is 10.6 Å². The number of unbranched alkanes of at least 4 members (excludes halogenated alkanes) is 1. The molecular weight excluding hydrogens is 420 g/mol. The van der Waals surface area contributed by atoms with Gasteiger partial charge in [-0.2, -0.15) is 0 Å². The van der Waals surface area contributed by atoms with Crippen LogP contribution in [0.1, 0.15) is 40.0 Å². The largest absolute Gasteiger partial charge is 0.333 e. The molecule has 0 aliphatic rings. The molecule has 1 aromatic carbocycles. The van der Waals surface area contributed by atoms with Gasteiger partial charge in [0.25, 0.3) is 5.56 Å². The van der Waals surface area contributed by atoms with Crippen molar-refractivity contribution in [3.05, 3.63) is 57.0 Å². The summed E-state index contributed by atoms with van der Waals surface area (Å²) in [6.07, 6.45) is 3.89. The smallest absolute Gasteiger partial charge is 0.325 e. The van der Waals surface area contributed by atoms with Crippen molar-refractivity contribution < 1.29 is 13.6 Å². The summed E-state index contributed by atoms with van der Waals surface area (Å²) in [4.78, 5) is 43.1. The number of nitrogens with zero attached hydrogens (tertiary/aromatic N) is 4. The van der Waals surface area contributed by atoms with Crippen LogP contribution >= 0.6 is 0 Å². The molecule has 3 rings (SSSR count). The first-order chi connectivity index (χ1) is 15.2. The normalized spacial score (nSPS) is 11.4. The molecule has 8 nitrogen and oxygen atoms in total. The van der Waals surface area contributed by atoms with Crippen molar-refractivity contribution >= 4 is 22.8 Å². The van der Waals surface area contributed by atoms with Crippen molar-refractivity contribution in [3.8, 4) is 0 Å². The maximum atomic E-state index is 13.4. The molecule has 3 aromatic rings. The molecule has 1 amide bonds. The van der Waals surface area contributed by atoms with Gasteiger partial charge in [0.1, 0.15) is 6.54 Å². The predicted molar refractivity (Wildman–Crippen MR) is 118 cm³/mol. The van der Waals surface area contributed by atoms with Gasteiger partial charge in [0.05, 0.1) is 6.33 Å². The maximum Gasteiger partial charge on any atom is 0.333 e. The molecule has 0 unspecified atom stereocenters. The van der Waals surface area contributed by atoms with Gasteiger partial charge in [-0.1, -0.05) is 27.2 Å². The third kappa shape index (κ3) is 4.95. The maximum absolute atomic E-state index is 13.4. The van der Waals surface area contributed by atoms with Crippen molar-refractivity contribution in [1.82, 2.24) is 18.7 Å². The highest BCUT2D eigenvalue weighted by Gasteiger charge is 2.20. The van der Waals surface area contributed by atoms with Crippen molar-refractivity contribution in [2.45, 2.75) is 59.7 Å². The molecule has 32 heavy (non-hydrogen) atoms. The van der Waals surface area contributed by atoms with Crippen LogP contribution in [0.4, 0.5) is 14.5 Å². The Kier molecular flexibility index (Phi) is 7.22. The van der Waals surface area contributed by atoms with Gasteiger partial charge in [0.2, 0.25) is 5.91 Å². The first-order valence-corrected chi connectivity index (χ1v) is 10.7. The van der Waals surface area contributed by atoms with E-state index in [-0.39, 0.29) is 11.2 Å². The zero-order chi connectivity index (χ0) is 23.4. The lowest BCUT2D eigenvalue weighted by Crippen LogP contribution is -2.43. The number of nitrogens with one attached hydrogen (secondary N) is 1. The standard InChI is InChI=1S/C22H27F2N5O3/c1-4-5-9-28-20-19(27(13-25-20)10-8-14(2)3)21(31)29(22(28)32)12-18(30)26-15-6-7-16(23)17(24)11-15/h6-7,11,13-14H,4-5,8-10,12H2,1-3H3,(H,26,30). The fourth-order valence-corrected chi connectivity index (χ4v) is 3.38. The van der Waals surface area contributed by atoms with Crippen molar-refractivity contribution in [3.63, 3.8) is 0 Å². The first kappa shape index (κ1) is 23.4. The van der Waals surface area contributed by atoms with E-state index in [2.05, 4.69) is 24.1 Å². The highest BCUT2D eigenvalue weighted by molar-refractivity contribution is 5.90. The van der Waals surface area contributed by atoms with Crippen molar-refractivity contribution in [1.29, 1.82) is 0 Å². The van der Waals surface area contributed by atoms with Gasteiger partial charge in [-0.05, 0) is 30.9 Å². The summed E-state index contributed by atoms with van der Waals surface area (Å²) < 4.78 is 30.5. The summed E-state index contributed by atoms with van der Waals surface area (Å²) in [5, 5.41) is 2.40.